The Labute approximate surface area is 345 Å². The maximum absolute atomic E-state index is 14.2. The van der Waals surface area contributed by atoms with E-state index in [1.54, 1.807) is 20.8 Å². The highest BCUT2D eigenvalue weighted by molar-refractivity contribution is 7.92. The summed E-state index contributed by atoms with van der Waals surface area (Å²) in [5.74, 6) is -0.965. The molecule has 2 amide bonds. The van der Waals surface area contributed by atoms with Gasteiger partial charge >= 0.3 is 18.7 Å². The molecular formula is C40H45Cl2F2N3O10S. The molecule has 0 spiro atoms. The Morgan fingerprint density at radius 2 is 1.55 bits per heavy atom. The van der Waals surface area contributed by atoms with E-state index in [-0.39, 0.29) is 83.0 Å². The van der Waals surface area contributed by atoms with Crippen molar-refractivity contribution in [1.29, 1.82) is 0 Å². The molecule has 6 rings (SSSR count). The monoisotopic (exact) mass is 867 g/mol. The highest BCUT2D eigenvalue weighted by Crippen LogP contribution is 2.40. The number of ether oxygens (including phenoxy) is 5. The second-order valence-corrected chi connectivity index (χ2v) is 18.3. The fourth-order valence-corrected chi connectivity index (χ4v) is 7.68. The van der Waals surface area contributed by atoms with E-state index in [0.717, 1.165) is 31.9 Å². The first-order valence-electron chi connectivity index (χ1n) is 18.9. The lowest BCUT2D eigenvalue weighted by Crippen LogP contribution is -2.42. The molecule has 0 unspecified atom stereocenters. The van der Waals surface area contributed by atoms with Gasteiger partial charge in [-0.05, 0) is 113 Å². The van der Waals surface area contributed by atoms with Gasteiger partial charge in [0.1, 0.15) is 29.2 Å². The van der Waals surface area contributed by atoms with E-state index >= 15 is 0 Å². The predicted molar refractivity (Wildman–Crippen MR) is 210 cm³/mol. The molecule has 3 aromatic rings. The number of hydrogen-bond donors (Lipinski definition) is 0. The molecule has 58 heavy (non-hydrogen) atoms. The van der Waals surface area contributed by atoms with Crippen LogP contribution in [0.5, 0.6) is 17.2 Å². The van der Waals surface area contributed by atoms with E-state index in [0.29, 0.717) is 21.9 Å². The van der Waals surface area contributed by atoms with Crippen LogP contribution in [0, 0.1) is 11.8 Å². The smallest absolute Gasteiger partial charge is 0.429 e. The Kier molecular flexibility index (Phi) is 13.3. The summed E-state index contributed by atoms with van der Waals surface area (Å²) >= 11 is 13.0. The molecule has 3 aliphatic rings. The summed E-state index contributed by atoms with van der Waals surface area (Å²) in [5.41, 5.74) is -0.288. The van der Waals surface area contributed by atoms with E-state index < -0.39 is 52.4 Å². The third-order valence-electron chi connectivity index (χ3n) is 9.60. The summed E-state index contributed by atoms with van der Waals surface area (Å²) in [5, 5.41) is 0.414. The van der Waals surface area contributed by atoms with Crippen molar-refractivity contribution in [3.05, 3.63) is 75.5 Å². The van der Waals surface area contributed by atoms with E-state index in [4.69, 9.17) is 46.9 Å². The van der Waals surface area contributed by atoms with Crippen LogP contribution in [-0.4, -0.2) is 80.5 Å². The number of likely N-dealkylation sites (tertiary alicyclic amines) is 1. The van der Waals surface area contributed by atoms with Crippen LogP contribution in [-0.2, 0) is 30.7 Å². The van der Waals surface area contributed by atoms with Crippen LogP contribution in [0.1, 0.15) is 86.9 Å². The second-order valence-electron chi connectivity index (χ2n) is 15.7. The zero-order chi connectivity index (χ0) is 41.9. The Morgan fingerprint density at radius 3 is 2.14 bits per heavy atom. The van der Waals surface area contributed by atoms with Gasteiger partial charge in [0.05, 0.1) is 29.5 Å². The molecule has 1 saturated heterocycles. The van der Waals surface area contributed by atoms with E-state index in [9.17, 15) is 31.6 Å². The number of nitrogens with zero attached hydrogens (tertiary/aromatic N) is 3. The number of esters is 1. The predicted octanol–water partition coefficient (Wildman–Crippen LogP) is 8.40. The minimum absolute atomic E-state index is 0.0301. The van der Waals surface area contributed by atoms with Crippen LogP contribution < -0.4 is 18.5 Å². The summed E-state index contributed by atoms with van der Waals surface area (Å²) in [6.45, 7) is 2.40. The number of aromatic nitrogens is 1. The second kappa shape index (κ2) is 17.8. The molecule has 0 bridgehead atoms. The quantitative estimate of drug-likeness (QED) is 0.128. The lowest BCUT2D eigenvalue weighted by molar-refractivity contribution is -0.154. The van der Waals surface area contributed by atoms with E-state index in [1.165, 1.54) is 53.7 Å². The molecule has 314 valence electrons. The third-order valence-corrected chi connectivity index (χ3v) is 11.3. The van der Waals surface area contributed by atoms with Crippen molar-refractivity contribution in [2.24, 2.45) is 11.8 Å². The molecule has 18 heteroatoms. The molecular weight excluding hydrogens is 823 g/mol. The zero-order valence-corrected chi connectivity index (χ0v) is 34.7. The van der Waals surface area contributed by atoms with Crippen LogP contribution in [0.3, 0.4) is 0 Å². The van der Waals surface area contributed by atoms with E-state index in [2.05, 4.69) is 4.98 Å². The van der Waals surface area contributed by atoms with Gasteiger partial charge in [0.15, 0.2) is 11.5 Å². The average molecular weight is 869 g/mol. The fourth-order valence-electron chi connectivity index (χ4n) is 6.35. The van der Waals surface area contributed by atoms with Gasteiger partial charge in [0.2, 0.25) is 10.0 Å². The number of rotatable bonds is 16. The van der Waals surface area contributed by atoms with Crippen LogP contribution >= 0.6 is 23.2 Å². The third kappa shape index (κ3) is 11.2. The minimum atomic E-state index is -4.23. The first-order chi connectivity index (χ1) is 27.4. The molecule has 0 radical (unpaired) electrons. The maximum Gasteiger partial charge on any atom is 0.429 e. The molecule has 3 fully saturated rings. The van der Waals surface area contributed by atoms with Crippen molar-refractivity contribution in [3.8, 4) is 17.2 Å². The minimum Gasteiger partial charge on any atom is -0.491 e. The standard InChI is InChI=1S/C40H45Cl2F2N3O10S/c1-40(2,3)57-39(50)47(58(4,51)52)30-13-11-26(17-34(30)53-21-23-7-8-23)36(48)46-15-5-6-31(46)37(49)55-33(18-27-28(41)19-45-20-29(27)42)25-12-14-32(56-38(43)44)35(16-25)54-22-24-9-10-24/h11-14,16-17,19-20,23-24,31,33,38H,5-10,15,18,21-22H2,1-4H3/t31-,33-/m0/s1. The van der Waals surface area contributed by atoms with Crippen molar-refractivity contribution >= 4 is 56.9 Å². The Balaban J connectivity index is 1.29. The van der Waals surface area contributed by atoms with Gasteiger partial charge in [-0.1, -0.05) is 29.3 Å². The molecule has 2 saturated carbocycles. The number of carbonyl (C=O) groups excluding carboxylic acids is 3. The number of alkyl halides is 2. The molecule has 1 aliphatic heterocycles. The first-order valence-corrected chi connectivity index (χ1v) is 21.5. The number of halogens is 4. The molecule has 2 aromatic carbocycles. The van der Waals surface area contributed by atoms with Gasteiger partial charge in [0, 0.05) is 30.9 Å². The number of pyridine rings is 1. The van der Waals surface area contributed by atoms with Gasteiger partial charge in [-0.25, -0.2) is 18.0 Å². The van der Waals surface area contributed by atoms with Gasteiger partial charge in [-0.15, -0.1) is 0 Å². The zero-order valence-electron chi connectivity index (χ0n) is 32.4. The van der Waals surface area contributed by atoms with Gasteiger partial charge in [-0.3, -0.25) is 9.78 Å². The molecule has 0 N–H and O–H groups in total. The SMILES string of the molecule is CC(C)(C)OC(=O)N(c1ccc(C(=O)N2CCC[C@H]2C(=O)O[C@@H](Cc2c(Cl)cncc2Cl)c2ccc(OC(F)F)c(OCC3CC3)c2)cc1OCC1CC1)S(C)(=O)=O. The summed E-state index contributed by atoms with van der Waals surface area (Å²) in [7, 11) is -4.23. The molecule has 2 heterocycles. The molecule has 2 aliphatic carbocycles. The van der Waals surface area contributed by atoms with Crippen molar-refractivity contribution in [2.75, 3.05) is 30.3 Å². The molecule has 1 aromatic heterocycles. The van der Waals surface area contributed by atoms with Gasteiger partial charge in [-0.2, -0.15) is 13.1 Å². The lowest BCUT2D eigenvalue weighted by Gasteiger charge is -2.28. The normalized spacial score (nSPS) is 17.5. The Bertz CT molecular complexity index is 2110. The summed E-state index contributed by atoms with van der Waals surface area (Å²) in [6, 6.07) is 7.22. The van der Waals surface area contributed by atoms with Gasteiger partial charge in [0.25, 0.3) is 5.91 Å². The highest BCUT2D eigenvalue weighted by Gasteiger charge is 2.39. The number of sulfonamides is 1. The number of anilines is 1. The van der Waals surface area contributed by atoms with Crippen LogP contribution in [0.15, 0.2) is 48.8 Å². The number of carbonyl (C=O) groups is 3. The maximum atomic E-state index is 14.2. The lowest BCUT2D eigenvalue weighted by atomic mass is 10.0. The summed E-state index contributed by atoms with van der Waals surface area (Å²) < 4.78 is 81.3. The van der Waals surface area contributed by atoms with Crippen LogP contribution in [0.4, 0.5) is 19.3 Å². The van der Waals surface area contributed by atoms with Crippen molar-refractivity contribution in [2.45, 2.75) is 90.1 Å². The summed E-state index contributed by atoms with van der Waals surface area (Å²) in [6.07, 6.45) is 5.81. The van der Waals surface area contributed by atoms with Crippen molar-refractivity contribution in [1.82, 2.24) is 9.88 Å². The number of benzene rings is 2. The number of hydrogen-bond acceptors (Lipinski definition) is 11. The summed E-state index contributed by atoms with van der Waals surface area (Å²) in [4.78, 5) is 46.9. The van der Waals surface area contributed by atoms with Gasteiger partial charge < -0.3 is 28.6 Å². The fraction of sp³-hybridized carbons (Fsp3) is 0.500. The highest BCUT2D eigenvalue weighted by atomic mass is 35.5. The Hall–Kier alpha value is -4.41. The van der Waals surface area contributed by atoms with Crippen molar-refractivity contribution < 1.29 is 55.3 Å². The first kappa shape index (κ1) is 43.2. The molecule has 2 atom stereocenters. The van der Waals surface area contributed by atoms with Crippen LogP contribution in [0.25, 0.3) is 0 Å². The Morgan fingerprint density at radius 1 is 0.914 bits per heavy atom. The molecule has 13 nitrogen and oxygen atoms in total. The van der Waals surface area contributed by atoms with E-state index in [1.807, 2.05) is 0 Å². The largest absolute Gasteiger partial charge is 0.491 e. The average Bonchev–Trinajstić information content (AvgIpc) is 4.08. The van der Waals surface area contributed by atoms with Crippen molar-refractivity contribution in [3.63, 3.8) is 0 Å². The van der Waals surface area contributed by atoms with Crippen LogP contribution in [0.2, 0.25) is 10.0 Å². The topological polar surface area (TPSA) is 151 Å². The number of amides is 2.